The van der Waals surface area contributed by atoms with Crippen molar-refractivity contribution in [3.8, 4) is 0 Å². The van der Waals surface area contributed by atoms with Gasteiger partial charge < -0.3 is 20.7 Å². The third-order valence-corrected chi connectivity index (χ3v) is 3.54. The van der Waals surface area contributed by atoms with Crippen LogP contribution in [-0.2, 0) is 14.3 Å². The number of nitrogens with two attached hydrogens (primary N) is 1. The maximum absolute atomic E-state index is 12.6. The van der Waals surface area contributed by atoms with E-state index in [2.05, 4.69) is 5.32 Å². The van der Waals surface area contributed by atoms with Crippen LogP contribution >= 0.6 is 12.4 Å². The van der Waals surface area contributed by atoms with Crippen LogP contribution in [0.2, 0.25) is 0 Å². The van der Waals surface area contributed by atoms with Gasteiger partial charge in [-0.15, -0.1) is 12.4 Å². The lowest BCUT2D eigenvalue weighted by atomic mass is 9.79. The largest absolute Gasteiger partial charge is 0.381 e. The molecule has 1 heterocycles. The molecule has 124 valence electrons. The highest BCUT2D eigenvalue weighted by atomic mass is 35.5. The van der Waals surface area contributed by atoms with E-state index in [0.717, 1.165) is 0 Å². The second-order valence-electron chi connectivity index (χ2n) is 6.56. The molecule has 0 saturated carbocycles. The first-order chi connectivity index (χ1) is 9.20. The minimum Gasteiger partial charge on any atom is -0.381 e. The zero-order valence-corrected chi connectivity index (χ0v) is 14.2. The minimum atomic E-state index is -0.574. The molecule has 1 aliphatic heterocycles. The van der Waals surface area contributed by atoms with Crippen molar-refractivity contribution in [1.82, 2.24) is 10.2 Å². The Balaban J connectivity index is 0.00000400. The average Bonchev–Trinajstić information content (AvgIpc) is 2.36. The van der Waals surface area contributed by atoms with E-state index in [0.29, 0.717) is 32.6 Å². The van der Waals surface area contributed by atoms with Gasteiger partial charge in [-0.2, -0.15) is 0 Å². The predicted octanol–water partition coefficient (Wildman–Crippen LogP) is 0.537. The molecule has 21 heavy (non-hydrogen) atoms. The minimum absolute atomic E-state index is 0. The fourth-order valence-electron chi connectivity index (χ4n) is 2.42. The van der Waals surface area contributed by atoms with Crippen LogP contribution in [0.25, 0.3) is 0 Å². The highest BCUT2D eigenvalue weighted by molar-refractivity contribution is 5.88. The summed E-state index contributed by atoms with van der Waals surface area (Å²) in [4.78, 5) is 25.9. The topological polar surface area (TPSA) is 84.7 Å². The molecule has 2 amide bonds. The lowest BCUT2D eigenvalue weighted by Crippen LogP contribution is -2.53. The Morgan fingerprint density at radius 1 is 1.29 bits per heavy atom. The van der Waals surface area contributed by atoms with E-state index in [4.69, 9.17) is 10.5 Å². The van der Waals surface area contributed by atoms with Crippen LogP contribution in [0.5, 0.6) is 0 Å². The van der Waals surface area contributed by atoms with E-state index in [1.54, 1.807) is 7.05 Å². The lowest BCUT2D eigenvalue weighted by Gasteiger charge is -2.37. The zero-order chi connectivity index (χ0) is 15.4. The molecule has 1 fully saturated rings. The van der Waals surface area contributed by atoms with Crippen LogP contribution in [0.3, 0.4) is 0 Å². The average molecular weight is 322 g/mol. The van der Waals surface area contributed by atoms with Gasteiger partial charge in [-0.1, -0.05) is 0 Å². The van der Waals surface area contributed by atoms with Crippen LogP contribution in [0.1, 0.15) is 33.6 Å². The third-order valence-electron chi connectivity index (χ3n) is 3.54. The molecular weight excluding hydrogens is 294 g/mol. The lowest BCUT2D eigenvalue weighted by molar-refractivity contribution is -0.148. The van der Waals surface area contributed by atoms with Gasteiger partial charge in [0.15, 0.2) is 0 Å². The summed E-state index contributed by atoms with van der Waals surface area (Å²) in [5, 5.41) is 2.85. The molecule has 0 bridgehead atoms. The second kappa shape index (κ2) is 7.96. The van der Waals surface area contributed by atoms with Crippen molar-refractivity contribution in [2.24, 2.45) is 11.1 Å². The van der Waals surface area contributed by atoms with Crippen LogP contribution in [0.4, 0.5) is 0 Å². The predicted molar refractivity (Wildman–Crippen MR) is 84.3 cm³/mol. The first kappa shape index (κ1) is 20.1. The number of hydrogen-bond donors (Lipinski definition) is 2. The Morgan fingerprint density at radius 3 is 2.24 bits per heavy atom. The highest BCUT2D eigenvalue weighted by Crippen LogP contribution is 2.31. The maximum Gasteiger partial charge on any atom is 0.240 e. The molecule has 0 aromatic rings. The van der Waals surface area contributed by atoms with E-state index >= 15 is 0 Å². The number of amides is 2. The van der Waals surface area contributed by atoms with Gasteiger partial charge in [-0.05, 0) is 33.6 Å². The first-order valence-electron chi connectivity index (χ1n) is 7.05. The summed E-state index contributed by atoms with van der Waals surface area (Å²) >= 11 is 0. The van der Waals surface area contributed by atoms with E-state index < -0.39 is 5.41 Å². The number of nitrogens with one attached hydrogen (secondary N) is 1. The van der Waals surface area contributed by atoms with Crippen LogP contribution < -0.4 is 11.1 Å². The van der Waals surface area contributed by atoms with Crippen molar-refractivity contribution in [3.63, 3.8) is 0 Å². The van der Waals surface area contributed by atoms with Crippen molar-refractivity contribution in [1.29, 1.82) is 0 Å². The molecule has 1 saturated heterocycles. The van der Waals surface area contributed by atoms with Gasteiger partial charge in [0.1, 0.15) is 0 Å². The third kappa shape index (κ3) is 5.80. The molecule has 3 N–H and O–H groups in total. The van der Waals surface area contributed by atoms with Crippen molar-refractivity contribution in [2.75, 3.05) is 33.4 Å². The summed E-state index contributed by atoms with van der Waals surface area (Å²) in [6.07, 6.45) is 1.24. The van der Waals surface area contributed by atoms with Crippen molar-refractivity contribution in [3.05, 3.63) is 0 Å². The monoisotopic (exact) mass is 321 g/mol. The van der Waals surface area contributed by atoms with Gasteiger partial charge in [0.25, 0.3) is 0 Å². The summed E-state index contributed by atoms with van der Waals surface area (Å²) in [6.45, 7) is 7.17. The molecule has 0 spiro atoms. The number of carbonyl (C=O) groups is 2. The Labute approximate surface area is 133 Å². The Bertz CT molecular complexity index is 363. The molecule has 0 aromatic carbocycles. The molecule has 0 atom stereocenters. The van der Waals surface area contributed by atoms with Crippen LogP contribution in [0.15, 0.2) is 0 Å². The summed E-state index contributed by atoms with van der Waals surface area (Å²) in [7, 11) is 1.65. The van der Waals surface area contributed by atoms with Crippen molar-refractivity contribution < 1.29 is 14.3 Å². The first-order valence-corrected chi connectivity index (χ1v) is 7.05. The van der Waals surface area contributed by atoms with Crippen LogP contribution in [0, 0.1) is 5.41 Å². The van der Waals surface area contributed by atoms with E-state index in [9.17, 15) is 9.59 Å². The smallest absolute Gasteiger partial charge is 0.240 e. The van der Waals surface area contributed by atoms with Crippen molar-refractivity contribution >= 4 is 24.2 Å². The molecule has 7 heteroatoms. The molecule has 0 aromatic heterocycles. The maximum atomic E-state index is 12.6. The second-order valence-corrected chi connectivity index (χ2v) is 6.56. The van der Waals surface area contributed by atoms with Gasteiger partial charge >= 0.3 is 0 Å². The number of ether oxygens (including phenoxy) is 1. The molecule has 6 nitrogen and oxygen atoms in total. The van der Waals surface area contributed by atoms with Gasteiger partial charge in [-0.25, -0.2) is 0 Å². The van der Waals surface area contributed by atoms with E-state index in [-0.39, 0.29) is 36.3 Å². The Kier molecular flexibility index (Phi) is 7.64. The number of halogens is 1. The summed E-state index contributed by atoms with van der Waals surface area (Å²) < 4.78 is 5.30. The number of nitrogens with zero attached hydrogens (tertiary/aromatic N) is 1. The quantitative estimate of drug-likeness (QED) is 0.791. The summed E-state index contributed by atoms with van der Waals surface area (Å²) in [5.41, 5.74) is 4.93. The standard InChI is InChI=1S/C14H27N3O3.ClH/c1-13(2,3)16-11(18)9-17(4)12(19)14(10-15)5-7-20-8-6-14;/h5-10,15H2,1-4H3,(H,16,18);1H. The van der Waals surface area contributed by atoms with Crippen molar-refractivity contribution in [2.45, 2.75) is 39.2 Å². The van der Waals surface area contributed by atoms with Crippen LogP contribution in [-0.4, -0.2) is 55.6 Å². The molecular formula is C14H28ClN3O3. The SMILES string of the molecule is CN(CC(=O)NC(C)(C)C)C(=O)C1(CN)CCOCC1.Cl. The summed E-state index contributed by atoms with van der Waals surface area (Å²) in [5.74, 6) is -0.222. The number of likely N-dealkylation sites (N-methyl/N-ethyl adjacent to an activating group) is 1. The van der Waals surface area contributed by atoms with Gasteiger partial charge in [-0.3, -0.25) is 9.59 Å². The normalized spacial score (nSPS) is 17.6. The molecule has 1 aliphatic rings. The fourth-order valence-corrected chi connectivity index (χ4v) is 2.42. The number of carbonyl (C=O) groups excluding carboxylic acids is 2. The highest BCUT2D eigenvalue weighted by Gasteiger charge is 2.40. The Morgan fingerprint density at radius 2 is 1.81 bits per heavy atom. The van der Waals surface area contributed by atoms with Gasteiger partial charge in [0, 0.05) is 32.3 Å². The van der Waals surface area contributed by atoms with E-state index in [1.165, 1.54) is 4.90 Å². The number of rotatable bonds is 4. The summed E-state index contributed by atoms with van der Waals surface area (Å²) in [6, 6.07) is 0. The molecule has 1 rings (SSSR count). The zero-order valence-electron chi connectivity index (χ0n) is 13.4. The van der Waals surface area contributed by atoms with Gasteiger partial charge in [0.05, 0.1) is 12.0 Å². The number of hydrogen-bond acceptors (Lipinski definition) is 4. The van der Waals surface area contributed by atoms with Gasteiger partial charge in [0.2, 0.25) is 11.8 Å². The molecule has 0 aliphatic carbocycles. The molecule has 0 unspecified atom stereocenters. The Hall–Kier alpha value is -0.850. The van der Waals surface area contributed by atoms with E-state index in [1.807, 2.05) is 20.8 Å². The molecule has 0 radical (unpaired) electrons. The fraction of sp³-hybridized carbons (Fsp3) is 0.857.